The average molecular weight is 239 g/mol. The Morgan fingerprint density at radius 1 is 1.56 bits per heavy atom. The number of nitrogens with two attached hydrogens (primary N) is 1. The Kier molecular flexibility index (Phi) is 4.39. The monoisotopic (exact) mass is 238 g/mol. The molecule has 1 unspecified atom stereocenters. The molecule has 2 nitrogen and oxygen atoms in total. The Morgan fingerprint density at radius 3 is 2.62 bits per heavy atom. The lowest BCUT2D eigenvalue weighted by Gasteiger charge is -2.20. The van der Waals surface area contributed by atoms with Gasteiger partial charge in [0.1, 0.15) is 0 Å². The zero-order valence-corrected chi connectivity index (χ0v) is 10.9. The van der Waals surface area contributed by atoms with Crippen molar-refractivity contribution in [2.45, 2.75) is 19.9 Å². The molecule has 0 aliphatic heterocycles. The number of halogens is 1. The molecule has 0 radical (unpaired) electrons. The predicted octanol–water partition coefficient (Wildman–Crippen LogP) is 3.37. The molecule has 3 heteroatoms. The highest BCUT2D eigenvalue weighted by Gasteiger charge is 2.08. The molecule has 1 atom stereocenters. The summed E-state index contributed by atoms with van der Waals surface area (Å²) in [6, 6.07) is 5.93. The van der Waals surface area contributed by atoms with Crippen molar-refractivity contribution in [3.63, 3.8) is 0 Å². The van der Waals surface area contributed by atoms with E-state index in [4.69, 9.17) is 17.3 Å². The van der Waals surface area contributed by atoms with Crippen molar-refractivity contribution >= 4 is 17.3 Å². The van der Waals surface area contributed by atoms with Crippen LogP contribution < -0.4 is 10.6 Å². The molecule has 0 aliphatic rings. The second kappa shape index (κ2) is 5.37. The van der Waals surface area contributed by atoms with Gasteiger partial charge in [0, 0.05) is 30.3 Å². The maximum Gasteiger partial charge on any atom is 0.0474 e. The summed E-state index contributed by atoms with van der Waals surface area (Å²) < 4.78 is 0. The topological polar surface area (TPSA) is 29.3 Å². The van der Waals surface area contributed by atoms with E-state index in [9.17, 15) is 0 Å². The van der Waals surface area contributed by atoms with Gasteiger partial charge in [-0.15, -0.1) is 0 Å². The van der Waals surface area contributed by atoms with Gasteiger partial charge in [-0.2, -0.15) is 0 Å². The molecule has 0 aliphatic carbocycles. The van der Waals surface area contributed by atoms with Crippen molar-refractivity contribution in [1.82, 2.24) is 0 Å². The van der Waals surface area contributed by atoms with Crippen molar-refractivity contribution < 1.29 is 0 Å². The zero-order valence-electron chi connectivity index (χ0n) is 10.1. The zero-order chi connectivity index (χ0) is 12.3. The second-order valence-electron chi connectivity index (χ2n) is 4.31. The quantitative estimate of drug-likeness (QED) is 0.815. The van der Waals surface area contributed by atoms with Gasteiger partial charge in [0.15, 0.2) is 0 Å². The van der Waals surface area contributed by atoms with Gasteiger partial charge in [-0.3, -0.25) is 0 Å². The maximum absolute atomic E-state index is 6.18. The van der Waals surface area contributed by atoms with E-state index >= 15 is 0 Å². The van der Waals surface area contributed by atoms with E-state index in [1.54, 1.807) is 0 Å². The smallest absolute Gasteiger partial charge is 0.0474 e. The standard InChI is InChI=1S/C13H19ClN2/c1-9(2)8-16(4)11-5-6-12(10(3)15)13(14)7-11/h5-7,10H,1,8,15H2,2-4H3. The Labute approximate surface area is 103 Å². The van der Waals surface area contributed by atoms with Crippen molar-refractivity contribution in [3.8, 4) is 0 Å². The molecule has 1 rings (SSSR count). The number of rotatable bonds is 4. The summed E-state index contributed by atoms with van der Waals surface area (Å²) in [4.78, 5) is 2.11. The molecular weight excluding hydrogens is 220 g/mol. The van der Waals surface area contributed by atoms with E-state index < -0.39 is 0 Å². The minimum atomic E-state index is -0.0343. The first-order valence-electron chi connectivity index (χ1n) is 5.32. The molecule has 0 aromatic heterocycles. The number of nitrogens with zero attached hydrogens (tertiary/aromatic N) is 1. The summed E-state index contributed by atoms with van der Waals surface area (Å²) >= 11 is 6.18. The van der Waals surface area contributed by atoms with Crippen molar-refractivity contribution in [3.05, 3.63) is 40.9 Å². The molecule has 0 heterocycles. The number of benzene rings is 1. The van der Waals surface area contributed by atoms with Gasteiger partial charge in [-0.1, -0.05) is 29.8 Å². The maximum atomic E-state index is 6.18. The predicted molar refractivity (Wildman–Crippen MR) is 72.1 cm³/mol. The summed E-state index contributed by atoms with van der Waals surface area (Å²) in [5.74, 6) is 0. The molecule has 16 heavy (non-hydrogen) atoms. The fourth-order valence-corrected chi connectivity index (χ4v) is 1.97. The Balaban J connectivity index is 2.92. The van der Waals surface area contributed by atoms with Gasteiger partial charge >= 0.3 is 0 Å². The minimum absolute atomic E-state index is 0.0343. The van der Waals surface area contributed by atoms with Gasteiger partial charge in [-0.25, -0.2) is 0 Å². The second-order valence-corrected chi connectivity index (χ2v) is 4.71. The van der Waals surface area contributed by atoms with Gasteiger partial charge < -0.3 is 10.6 Å². The largest absolute Gasteiger partial charge is 0.371 e. The van der Waals surface area contributed by atoms with E-state index in [0.29, 0.717) is 0 Å². The Bertz CT molecular complexity index is 386. The number of hydrogen-bond acceptors (Lipinski definition) is 2. The summed E-state index contributed by atoms with van der Waals surface area (Å²) in [5.41, 5.74) is 8.99. The van der Waals surface area contributed by atoms with Crippen LogP contribution in [0.15, 0.2) is 30.4 Å². The highest BCUT2D eigenvalue weighted by atomic mass is 35.5. The first-order chi connectivity index (χ1) is 7.41. The van der Waals surface area contributed by atoms with Crippen LogP contribution in [0.1, 0.15) is 25.5 Å². The van der Waals surface area contributed by atoms with Gasteiger partial charge in [0.05, 0.1) is 0 Å². The fourth-order valence-electron chi connectivity index (χ4n) is 1.62. The first-order valence-corrected chi connectivity index (χ1v) is 5.70. The van der Waals surface area contributed by atoms with Crippen LogP contribution in [0.5, 0.6) is 0 Å². The van der Waals surface area contributed by atoms with E-state index in [0.717, 1.165) is 28.4 Å². The normalized spacial score (nSPS) is 12.3. The molecule has 0 fully saturated rings. The van der Waals surface area contributed by atoms with Crippen molar-refractivity contribution in [2.75, 3.05) is 18.5 Å². The lowest BCUT2D eigenvalue weighted by molar-refractivity contribution is 0.818. The van der Waals surface area contributed by atoms with Crippen LogP contribution in [0.2, 0.25) is 5.02 Å². The first kappa shape index (κ1) is 13.1. The summed E-state index contributed by atoms with van der Waals surface area (Å²) in [7, 11) is 2.02. The van der Waals surface area contributed by atoms with Crippen LogP contribution >= 0.6 is 11.6 Å². The molecule has 0 saturated carbocycles. The highest BCUT2D eigenvalue weighted by molar-refractivity contribution is 6.31. The van der Waals surface area contributed by atoms with E-state index in [-0.39, 0.29) is 6.04 Å². The minimum Gasteiger partial charge on any atom is -0.371 e. The van der Waals surface area contributed by atoms with Gasteiger partial charge in [-0.05, 0) is 31.5 Å². The lowest BCUT2D eigenvalue weighted by atomic mass is 10.1. The third kappa shape index (κ3) is 3.26. The molecule has 1 aromatic rings. The lowest BCUT2D eigenvalue weighted by Crippen LogP contribution is -2.19. The van der Waals surface area contributed by atoms with Crippen LogP contribution in [0, 0.1) is 0 Å². The van der Waals surface area contributed by atoms with Crippen LogP contribution in [0.4, 0.5) is 5.69 Å². The summed E-state index contributed by atoms with van der Waals surface area (Å²) in [5, 5.41) is 0.723. The van der Waals surface area contributed by atoms with Gasteiger partial charge in [0.2, 0.25) is 0 Å². The van der Waals surface area contributed by atoms with E-state index in [1.807, 2.05) is 39.1 Å². The fraction of sp³-hybridized carbons (Fsp3) is 0.385. The summed E-state index contributed by atoms with van der Waals surface area (Å²) in [6.45, 7) is 8.66. The molecule has 88 valence electrons. The Hall–Kier alpha value is -0.990. The molecular formula is C13H19ClN2. The third-order valence-electron chi connectivity index (χ3n) is 2.42. The number of anilines is 1. The van der Waals surface area contributed by atoms with Crippen molar-refractivity contribution in [1.29, 1.82) is 0 Å². The van der Waals surface area contributed by atoms with Crippen LogP contribution in [-0.4, -0.2) is 13.6 Å². The molecule has 0 saturated heterocycles. The highest BCUT2D eigenvalue weighted by Crippen LogP contribution is 2.26. The molecule has 0 spiro atoms. The van der Waals surface area contributed by atoms with E-state index in [1.165, 1.54) is 0 Å². The molecule has 2 N–H and O–H groups in total. The van der Waals surface area contributed by atoms with Crippen LogP contribution in [0.3, 0.4) is 0 Å². The van der Waals surface area contributed by atoms with E-state index in [2.05, 4.69) is 11.5 Å². The molecule has 1 aromatic carbocycles. The third-order valence-corrected chi connectivity index (χ3v) is 2.75. The molecule has 0 bridgehead atoms. The summed E-state index contributed by atoms with van der Waals surface area (Å²) in [6.07, 6.45) is 0. The Morgan fingerprint density at radius 2 is 2.19 bits per heavy atom. The van der Waals surface area contributed by atoms with Crippen LogP contribution in [0.25, 0.3) is 0 Å². The SMILES string of the molecule is C=C(C)CN(C)c1ccc(C(C)N)c(Cl)c1. The van der Waals surface area contributed by atoms with Crippen molar-refractivity contribution in [2.24, 2.45) is 5.73 Å². The van der Waals surface area contributed by atoms with Gasteiger partial charge in [0.25, 0.3) is 0 Å². The number of likely N-dealkylation sites (N-methyl/N-ethyl adjacent to an activating group) is 1. The van der Waals surface area contributed by atoms with Crippen LogP contribution in [-0.2, 0) is 0 Å². The number of hydrogen-bond donors (Lipinski definition) is 1. The molecule has 0 amide bonds. The average Bonchev–Trinajstić information content (AvgIpc) is 2.15.